The number of rotatable bonds is 6. The highest BCUT2D eigenvalue weighted by molar-refractivity contribution is 6.03. The Bertz CT molecular complexity index is 1150. The van der Waals surface area contributed by atoms with E-state index >= 15 is 0 Å². The Balaban J connectivity index is 1.43. The summed E-state index contributed by atoms with van der Waals surface area (Å²) in [6.45, 7) is 1.00. The molecular formula is C23H21N3O5. The first kappa shape index (κ1) is 20.3. The summed E-state index contributed by atoms with van der Waals surface area (Å²) in [5.41, 5.74) is 1.00. The third kappa shape index (κ3) is 4.48. The van der Waals surface area contributed by atoms with Gasteiger partial charge in [0.25, 0.3) is 11.6 Å². The van der Waals surface area contributed by atoms with Crippen LogP contribution in [0.5, 0.6) is 0 Å². The fourth-order valence-corrected chi connectivity index (χ4v) is 3.76. The number of hydrogen-bond acceptors (Lipinski definition) is 6. The largest absolute Gasteiger partial charge is 0.452 e. The Morgan fingerprint density at radius 2 is 1.77 bits per heavy atom. The fraction of sp³-hybridized carbons (Fsp3) is 0.217. The van der Waals surface area contributed by atoms with Gasteiger partial charge in [-0.15, -0.1) is 0 Å². The summed E-state index contributed by atoms with van der Waals surface area (Å²) >= 11 is 0. The lowest BCUT2D eigenvalue weighted by molar-refractivity contribution is -0.384. The Morgan fingerprint density at radius 1 is 1.03 bits per heavy atom. The molecule has 1 saturated heterocycles. The van der Waals surface area contributed by atoms with Crippen molar-refractivity contribution in [3.8, 4) is 0 Å². The monoisotopic (exact) mass is 419 g/mol. The molecule has 8 heteroatoms. The zero-order chi connectivity index (χ0) is 21.8. The van der Waals surface area contributed by atoms with Gasteiger partial charge in [-0.05, 0) is 36.4 Å². The summed E-state index contributed by atoms with van der Waals surface area (Å²) in [4.78, 5) is 37.6. The topological polar surface area (TPSA) is 102 Å². The SMILES string of the molecule is O=C(COC(=O)c1ccc(N2CCCC2)c([N+](=O)[O-])c1)Nc1cccc2ccccc12. The third-order valence-electron chi connectivity index (χ3n) is 5.25. The van der Waals surface area contributed by atoms with Crippen molar-refractivity contribution < 1.29 is 19.2 Å². The summed E-state index contributed by atoms with van der Waals surface area (Å²) in [6, 6.07) is 17.4. The number of amides is 1. The normalized spacial score (nSPS) is 13.2. The van der Waals surface area contributed by atoms with E-state index in [9.17, 15) is 19.7 Å². The highest BCUT2D eigenvalue weighted by atomic mass is 16.6. The molecule has 0 aliphatic carbocycles. The van der Waals surface area contributed by atoms with Crippen LogP contribution in [0.1, 0.15) is 23.2 Å². The maximum atomic E-state index is 12.4. The van der Waals surface area contributed by atoms with Gasteiger partial charge in [0.05, 0.1) is 10.5 Å². The number of esters is 1. The van der Waals surface area contributed by atoms with Crippen LogP contribution in [0.3, 0.4) is 0 Å². The molecule has 0 radical (unpaired) electrons. The predicted octanol–water partition coefficient (Wildman–Crippen LogP) is 4.14. The first-order valence-electron chi connectivity index (χ1n) is 10.0. The highest BCUT2D eigenvalue weighted by Crippen LogP contribution is 2.32. The molecule has 0 aromatic heterocycles. The van der Waals surface area contributed by atoms with Crippen LogP contribution in [-0.4, -0.2) is 36.5 Å². The number of nitro groups is 1. The van der Waals surface area contributed by atoms with E-state index < -0.39 is 23.4 Å². The number of anilines is 2. The number of carbonyl (C=O) groups excluding carboxylic acids is 2. The van der Waals surface area contributed by atoms with Gasteiger partial charge in [0.15, 0.2) is 6.61 Å². The Morgan fingerprint density at radius 3 is 2.55 bits per heavy atom. The molecule has 0 saturated carbocycles. The Kier molecular flexibility index (Phi) is 5.79. The van der Waals surface area contributed by atoms with Crippen LogP contribution in [0.25, 0.3) is 10.8 Å². The second-order valence-electron chi connectivity index (χ2n) is 7.31. The summed E-state index contributed by atoms with van der Waals surface area (Å²) in [5, 5.41) is 16.1. The average molecular weight is 419 g/mol. The van der Waals surface area contributed by atoms with E-state index in [0.717, 1.165) is 36.7 Å². The molecule has 0 atom stereocenters. The van der Waals surface area contributed by atoms with Crippen molar-refractivity contribution in [3.05, 3.63) is 76.3 Å². The van der Waals surface area contributed by atoms with Gasteiger partial charge in [-0.1, -0.05) is 36.4 Å². The van der Waals surface area contributed by atoms with Crippen LogP contribution in [0, 0.1) is 10.1 Å². The van der Waals surface area contributed by atoms with E-state index in [1.807, 2.05) is 41.3 Å². The Labute approximate surface area is 178 Å². The van der Waals surface area contributed by atoms with Crippen molar-refractivity contribution in [2.24, 2.45) is 0 Å². The molecule has 1 amide bonds. The van der Waals surface area contributed by atoms with Gasteiger partial charge < -0.3 is 15.0 Å². The first-order valence-corrected chi connectivity index (χ1v) is 10.0. The van der Waals surface area contributed by atoms with E-state index in [1.165, 1.54) is 12.1 Å². The van der Waals surface area contributed by atoms with E-state index in [1.54, 1.807) is 12.1 Å². The molecular weight excluding hydrogens is 398 g/mol. The van der Waals surface area contributed by atoms with Crippen molar-refractivity contribution in [1.29, 1.82) is 0 Å². The molecule has 0 bridgehead atoms. The maximum Gasteiger partial charge on any atom is 0.338 e. The predicted molar refractivity (Wildman–Crippen MR) is 117 cm³/mol. The third-order valence-corrected chi connectivity index (χ3v) is 5.25. The lowest BCUT2D eigenvalue weighted by Gasteiger charge is -2.17. The molecule has 1 aliphatic rings. The van der Waals surface area contributed by atoms with E-state index in [-0.39, 0.29) is 11.3 Å². The zero-order valence-corrected chi connectivity index (χ0v) is 16.7. The Hall–Kier alpha value is -3.94. The molecule has 0 spiro atoms. The number of nitrogens with zero attached hydrogens (tertiary/aromatic N) is 2. The number of hydrogen-bond donors (Lipinski definition) is 1. The van der Waals surface area contributed by atoms with Gasteiger partial charge in [-0.3, -0.25) is 14.9 Å². The van der Waals surface area contributed by atoms with E-state index in [4.69, 9.17) is 4.74 Å². The quantitative estimate of drug-likeness (QED) is 0.366. The summed E-state index contributed by atoms with van der Waals surface area (Å²) < 4.78 is 5.09. The lowest BCUT2D eigenvalue weighted by atomic mass is 10.1. The average Bonchev–Trinajstić information content (AvgIpc) is 3.32. The molecule has 1 heterocycles. The van der Waals surface area contributed by atoms with Crippen molar-refractivity contribution >= 4 is 39.7 Å². The van der Waals surface area contributed by atoms with Gasteiger partial charge in [-0.25, -0.2) is 4.79 Å². The van der Waals surface area contributed by atoms with Gasteiger partial charge in [-0.2, -0.15) is 0 Å². The summed E-state index contributed by atoms with van der Waals surface area (Å²) in [7, 11) is 0. The summed E-state index contributed by atoms with van der Waals surface area (Å²) in [6.07, 6.45) is 1.96. The minimum absolute atomic E-state index is 0.0348. The molecule has 1 N–H and O–H groups in total. The van der Waals surface area contributed by atoms with E-state index in [0.29, 0.717) is 11.4 Å². The van der Waals surface area contributed by atoms with Crippen molar-refractivity contribution in [1.82, 2.24) is 0 Å². The smallest absolute Gasteiger partial charge is 0.338 e. The molecule has 3 aromatic carbocycles. The minimum Gasteiger partial charge on any atom is -0.452 e. The van der Waals surface area contributed by atoms with Crippen LogP contribution < -0.4 is 10.2 Å². The highest BCUT2D eigenvalue weighted by Gasteiger charge is 2.24. The second-order valence-corrected chi connectivity index (χ2v) is 7.31. The van der Waals surface area contributed by atoms with Gasteiger partial charge in [0, 0.05) is 30.2 Å². The first-order chi connectivity index (χ1) is 15.0. The number of carbonyl (C=O) groups is 2. The van der Waals surface area contributed by atoms with Gasteiger partial charge >= 0.3 is 5.97 Å². The molecule has 4 rings (SSSR count). The van der Waals surface area contributed by atoms with Crippen LogP contribution >= 0.6 is 0 Å². The lowest BCUT2D eigenvalue weighted by Crippen LogP contribution is -2.21. The molecule has 31 heavy (non-hydrogen) atoms. The maximum absolute atomic E-state index is 12.4. The van der Waals surface area contributed by atoms with Crippen LogP contribution in [0.15, 0.2) is 60.7 Å². The number of fused-ring (bicyclic) bond motifs is 1. The minimum atomic E-state index is -0.788. The van der Waals surface area contributed by atoms with Crippen molar-refractivity contribution in [3.63, 3.8) is 0 Å². The molecule has 0 unspecified atom stereocenters. The molecule has 8 nitrogen and oxygen atoms in total. The van der Waals surface area contributed by atoms with Crippen LogP contribution in [-0.2, 0) is 9.53 Å². The standard InChI is InChI=1S/C23H21N3O5/c27-22(24-19-9-5-7-16-6-1-2-8-18(16)19)15-31-23(28)17-10-11-20(21(14-17)26(29)30)25-12-3-4-13-25/h1-2,5-11,14H,3-4,12-13,15H2,(H,24,27). The van der Waals surface area contributed by atoms with Gasteiger partial charge in [0.1, 0.15) is 5.69 Å². The number of nitro benzene ring substituents is 1. The molecule has 1 aliphatic heterocycles. The van der Waals surface area contributed by atoms with Crippen molar-refractivity contribution in [2.75, 3.05) is 29.9 Å². The van der Waals surface area contributed by atoms with Crippen LogP contribution in [0.4, 0.5) is 17.1 Å². The second kappa shape index (κ2) is 8.83. The number of nitrogens with one attached hydrogen (secondary N) is 1. The zero-order valence-electron chi connectivity index (χ0n) is 16.7. The van der Waals surface area contributed by atoms with Crippen LogP contribution in [0.2, 0.25) is 0 Å². The number of benzene rings is 3. The fourth-order valence-electron chi connectivity index (χ4n) is 3.76. The molecule has 1 fully saturated rings. The summed E-state index contributed by atoms with van der Waals surface area (Å²) in [5.74, 6) is -1.28. The molecule has 3 aromatic rings. The number of ether oxygens (including phenoxy) is 1. The van der Waals surface area contributed by atoms with Crippen molar-refractivity contribution in [2.45, 2.75) is 12.8 Å². The van der Waals surface area contributed by atoms with Gasteiger partial charge in [0.2, 0.25) is 0 Å². The van der Waals surface area contributed by atoms with E-state index in [2.05, 4.69) is 5.32 Å². The molecule has 158 valence electrons.